The fraction of sp³-hybridized carbons (Fsp3) is 0.400. The molecule has 0 unspecified atom stereocenters. The number of rotatable bonds is 5. The van der Waals surface area contributed by atoms with E-state index in [0.717, 1.165) is 22.7 Å². The van der Waals surface area contributed by atoms with Crippen LogP contribution in [0.15, 0.2) is 17.6 Å². The Kier molecular flexibility index (Phi) is 3.74. The van der Waals surface area contributed by atoms with E-state index in [0.29, 0.717) is 18.5 Å². The van der Waals surface area contributed by atoms with Crippen LogP contribution in [0, 0.1) is 6.92 Å². The third-order valence-corrected chi connectivity index (χ3v) is 4.79. The largest absolute Gasteiger partial charge is 0.481 e. The maximum Gasteiger partial charge on any atom is 0.305 e. The number of carboxylic acids is 1. The third kappa shape index (κ3) is 2.89. The highest BCUT2D eigenvalue weighted by atomic mass is 32.1. The minimum atomic E-state index is -0.884. The number of hydrogen-bond donors (Lipinski definition) is 3. The molecule has 2 heterocycles. The Balaban J connectivity index is 1.73. The Morgan fingerprint density at radius 2 is 2.27 bits per heavy atom. The Morgan fingerprint density at radius 1 is 1.50 bits per heavy atom. The summed E-state index contributed by atoms with van der Waals surface area (Å²) in [6.45, 7) is 1.93. The van der Waals surface area contributed by atoms with Gasteiger partial charge in [-0.05, 0) is 32.3 Å². The van der Waals surface area contributed by atoms with Crippen LogP contribution < -0.4 is 5.32 Å². The second-order valence-electron chi connectivity index (χ2n) is 5.71. The van der Waals surface area contributed by atoms with E-state index in [2.05, 4.69) is 15.3 Å². The van der Waals surface area contributed by atoms with Crippen molar-refractivity contribution in [3.63, 3.8) is 0 Å². The van der Waals surface area contributed by atoms with E-state index in [9.17, 15) is 9.59 Å². The lowest BCUT2D eigenvalue weighted by molar-refractivity contribution is -0.139. The SMILES string of the molecule is Cc1nc(-c2c[nH]c(C(=O)NC3(CC(=O)O)CCC3)c2)cs1. The van der Waals surface area contributed by atoms with Gasteiger partial charge >= 0.3 is 5.97 Å². The van der Waals surface area contributed by atoms with Gasteiger partial charge in [-0.15, -0.1) is 11.3 Å². The molecule has 1 aliphatic carbocycles. The number of aromatic amines is 1. The van der Waals surface area contributed by atoms with Crippen molar-refractivity contribution in [2.75, 3.05) is 0 Å². The maximum absolute atomic E-state index is 12.3. The Bertz CT molecular complexity index is 715. The molecule has 1 amide bonds. The normalized spacial score (nSPS) is 16.0. The first-order chi connectivity index (χ1) is 10.5. The summed E-state index contributed by atoms with van der Waals surface area (Å²) in [5.74, 6) is -1.15. The van der Waals surface area contributed by atoms with Crippen LogP contribution >= 0.6 is 11.3 Å². The van der Waals surface area contributed by atoms with Crippen molar-refractivity contribution >= 4 is 23.2 Å². The van der Waals surface area contributed by atoms with Crippen molar-refractivity contribution in [1.29, 1.82) is 0 Å². The second kappa shape index (κ2) is 5.57. The second-order valence-corrected chi connectivity index (χ2v) is 6.77. The predicted molar refractivity (Wildman–Crippen MR) is 82.9 cm³/mol. The third-order valence-electron chi connectivity index (χ3n) is 4.02. The number of nitrogens with zero attached hydrogens (tertiary/aromatic N) is 1. The van der Waals surface area contributed by atoms with Crippen molar-refractivity contribution in [2.24, 2.45) is 0 Å². The average Bonchev–Trinajstić information content (AvgIpc) is 3.03. The number of aryl methyl sites for hydroxylation is 1. The van der Waals surface area contributed by atoms with Gasteiger partial charge in [0.1, 0.15) is 5.69 Å². The van der Waals surface area contributed by atoms with Crippen molar-refractivity contribution < 1.29 is 14.7 Å². The van der Waals surface area contributed by atoms with E-state index >= 15 is 0 Å². The number of thiazole rings is 1. The zero-order chi connectivity index (χ0) is 15.7. The van der Waals surface area contributed by atoms with Crippen LogP contribution in [0.2, 0.25) is 0 Å². The van der Waals surface area contributed by atoms with Gasteiger partial charge in [0.25, 0.3) is 5.91 Å². The lowest BCUT2D eigenvalue weighted by Gasteiger charge is -2.41. The highest BCUT2D eigenvalue weighted by Crippen LogP contribution is 2.35. The van der Waals surface area contributed by atoms with Crippen LogP contribution in [0.4, 0.5) is 0 Å². The number of hydrogen-bond acceptors (Lipinski definition) is 4. The van der Waals surface area contributed by atoms with Crippen molar-refractivity contribution in [2.45, 2.75) is 38.1 Å². The van der Waals surface area contributed by atoms with E-state index in [1.54, 1.807) is 23.6 Å². The topological polar surface area (TPSA) is 95.1 Å². The van der Waals surface area contributed by atoms with Gasteiger partial charge in [-0.2, -0.15) is 0 Å². The number of aliphatic carboxylic acids is 1. The number of aromatic nitrogens is 2. The lowest BCUT2D eigenvalue weighted by Crippen LogP contribution is -2.54. The zero-order valence-corrected chi connectivity index (χ0v) is 13.0. The number of carbonyl (C=O) groups excluding carboxylic acids is 1. The molecule has 3 N–H and O–H groups in total. The van der Waals surface area contributed by atoms with Crippen molar-refractivity contribution in [1.82, 2.24) is 15.3 Å². The van der Waals surface area contributed by atoms with Gasteiger partial charge in [-0.3, -0.25) is 9.59 Å². The Morgan fingerprint density at radius 3 is 2.82 bits per heavy atom. The first-order valence-electron chi connectivity index (χ1n) is 7.13. The highest BCUT2D eigenvalue weighted by molar-refractivity contribution is 7.09. The highest BCUT2D eigenvalue weighted by Gasteiger charge is 2.40. The minimum absolute atomic E-state index is 0.0302. The van der Waals surface area contributed by atoms with Crippen LogP contribution in [0.1, 0.15) is 41.2 Å². The Hall–Kier alpha value is -2.15. The molecule has 1 fully saturated rings. The molecule has 0 radical (unpaired) electrons. The van der Waals surface area contributed by atoms with E-state index in [1.165, 1.54) is 0 Å². The van der Waals surface area contributed by atoms with Crippen LogP contribution in [0.5, 0.6) is 0 Å². The molecular weight excluding hydrogens is 302 g/mol. The summed E-state index contributed by atoms with van der Waals surface area (Å²) < 4.78 is 0. The number of nitrogens with one attached hydrogen (secondary N) is 2. The van der Waals surface area contributed by atoms with Gasteiger partial charge in [-0.25, -0.2) is 4.98 Å². The smallest absolute Gasteiger partial charge is 0.305 e. The van der Waals surface area contributed by atoms with Gasteiger partial charge < -0.3 is 15.4 Å². The molecule has 0 aliphatic heterocycles. The van der Waals surface area contributed by atoms with Gasteiger partial charge in [0.05, 0.1) is 22.7 Å². The summed E-state index contributed by atoms with van der Waals surface area (Å²) in [6, 6.07) is 1.75. The summed E-state index contributed by atoms with van der Waals surface area (Å²) in [7, 11) is 0. The number of amides is 1. The van der Waals surface area contributed by atoms with Crippen molar-refractivity contribution in [3.8, 4) is 11.3 Å². The minimum Gasteiger partial charge on any atom is -0.481 e. The number of H-pyrrole nitrogens is 1. The fourth-order valence-corrected chi connectivity index (χ4v) is 3.34. The first-order valence-corrected chi connectivity index (χ1v) is 8.01. The first kappa shape index (κ1) is 14.8. The molecule has 7 heteroatoms. The summed E-state index contributed by atoms with van der Waals surface area (Å²) >= 11 is 1.56. The molecule has 1 saturated carbocycles. The van der Waals surface area contributed by atoms with Gasteiger partial charge in [0.2, 0.25) is 0 Å². The van der Waals surface area contributed by atoms with Crippen LogP contribution in [-0.2, 0) is 4.79 Å². The summed E-state index contributed by atoms with van der Waals surface area (Å²) in [6.07, 6.45) is 4.08. The summed E-state index contributed by atoms with van der Waals surface area (Å²) in [4.78, 5) is 30.6. The predicted octanol–water partition coefficient (Wildman–Crippen LogP) is 2.57. The average molecular weight is 319 g/mol. The van der Waals surface area contributed by atoms with Crippen molar-refractivity contribution in [3.05, 3.63) is 28.3 Å². The molecule has 2 aromatic heterocycles. The standard InChI is InChI=1S/C15H17N3O3S/c1-9-17-12(8-22-9)10-5-11(16-7-10)14(21)18-15(3-2-4-15)6-13(19)20/h5,7-8,16H,2-4,6H2,1H3,(H,18,21)(H,19,20). The molecule has 0 bridgehead atoms. The molecule has 1 aliphatic rings. The van der Waals surface area contributed by atoms with Crippen LogP contribution in [0.25, 0.3) is 11.3 Å². The lowest BCUT2D eigenvalue weighted by atomic mass is 9.74. The molecule has 0 atom stereocenters. The molecule has 0 spiro atoms. The van der Waals surface area contributed by atoms with E-state index in [4.69, 9.17) is 5.11 Å². The summed E-state index contributed by atoms with van der Waals surface area (Å²) in [5.41, 5.74) is 1.53. The fourth-order valence-electron chi connectivity index (χ4n) is 2.72. The molecular formula is C15H17N3O3S. The molecule has 3 rings (SSSR count). The van der Waals surface area contributed by atoms with Crippen LogP contribution in [0.3, 0.4) is 0 Å². The zero-order valence-electron chi connectivity index (χ0n) is 12.2. The molecule has 2 aromatic rings. The van der Waals surface area contributed by atoms with Gasteiger partial charge in [0, 0.05) is 17.1 Å². The summed E-state index contributed by atoms with van der Waals surface area (Å²) in [5, 5.41) is 14.8. The van der Waals surface area contributed by atoms with E-state index < -0.39 is 11.5 Å². The quantitative estimate of drug-likeness (QED) is 0.789. The monoisotopic (exact) mass is 319 g/mol. The Labute approximate surface area is 131 Å². The van der Waals surface area contributed by atoms with Gasteiger partial charge in [-0.1, -0.05) is 0 Å². The maximum atomic E-state index is 12.3. The van der Waals surface area contributed by atoms with E-state index in [1.807, 2.05) is 12.3 Å². The van der Waals surface area contributed by atoms with E-state index in [-0.39, 0.29) is 12.3 Å². The molecule has 0 saturated heterocycles. The molecule has 116 valence electrons. The van der Waals surface area contributed by atoms with Crippen LogP contribution in [-0.4, -0.2) is 32.5 Å². The molecule has 22 heavy (non-hydrogen) atoms. The number of carboxylic acid groups (broad SMARTS) is 1. The van der Waals surface area contributed by atoms with Gasteiger partial charge in [0.15, 0.2) is 0 Å². The molecule has 0 aromatic carbocycles. The number of carbonyl (C=O) groups is 2. The molecule has 6 nitrogen and oxygen atoms in total.